The van der Waals surface area contributed by atoms with Gasteiger partial charge in [-0.2, -0.15) is 5.11 Å². The molecule has 4 nitrogen and oxygen atoms in total. The van der Waals surface area contributed by atoms with E-state index < -0.39 is 0 Å². The molecular formula is C3H5N3O. The van der Waals surface area contributed by atoms with Gasteiger partial charge in [0.2, 0.25) is 0 Å². The Morgan fingerprint density at radius 3 is 2.71 bits per heavy atom. The Hall–Kier alpha value is -0.930. The summed E-state index contributed by atoms with van der Waals surface area (Å²) in [4.78, 5) is 10.1. The highest BCUT2D eigenvalue weighted by molar-refractivity contribution is 5.75. The van der Waals surface area contributed by atoms with Crippen LogP contribution in [-0.4, -0.2) is 12.2 Å². The van der Waals surface area contributed by atoms with Crippen molar-refractivity contribution in [3.8, 4) is 0 Å². The lowest BCUT2D eigenvalue weighted by Gasteiger charge is -1.90. The lowest BCUT2D eigenvalue weighted by molar-refractivity contribution is 0.250. The molecule has 0 saturated heterocycles. The first-order chi connectivity index (χ1) is 3.29. The van der Waals surface area contributed by atoms with E-state index >= 15 is 0 Å². The zero-order valence-electron chi connectivity index (χ0n) is 3.88. The molecule has 1 heterocycles. The average molecular weight is 99.1 g/mol. The second kappa shape index (κ2) is 1.29. The first kappa shape index (κ1) is 4.23. The van der Waals surface area contributed by atoms with Crippen molar-refractivity contribution in [3.63, 3.8) is 0 Å². The summed E-state index contributed by atoms with van der Waals surface area (Å²) in [7, 11) is 0. The van der Waals surface area contributed by atoms with E-state index in [4.69, 9.17) is 0 Å². The number of hydrogen-bond donors (Lipinski definition) is 1. The maximum Gasteiger partial charge on any atom is 0.361 e. The standard InChI is InChI=1S/C3H5N3O/c1-2-4-3(7)6-5-2/h2H,1H3,(H,4,7). The van der Waals surface area contributed by atoms with Gasteiger partial charge in [-0.05, 0) is 6.92 Å². The lowest BCUT2D eigenvalue weighted by atomic mass is 10.6. The van der Waals surface area contributed by atoms with Crippen LogP contribution in [0.5, 0.6) is 0 Å². The van der Waals surface area contributed by atoms with Gasteiger partial charge in [-0.3, -0.25) is 0 Å². The third kappa shape index (κ3) is 0.734. The zero-order valence-corrected chi connectivity index (χ0v) is 3.88. The van der Waals surface area contributed by atoms with Gasteiger partial charge in [0.25, 0.3) is 0 Å². The third-order valence-corrected chi connectivity index (χ3v) is 0.654. The molecule has 7 heavy (non-hydrogen) atoms. The van der Waals surface area contributed by atoms with Crippen molar-refractivity contribution in [3.05, 3.63) is 0 Å². The highest BCUT2D eigenvalue weighted by atomic mass is 16.2. The summed E-state index contributed by atoms with van der Waals surface area (Å²) in [6.07, 6.45) is -0.118. The van der Waals surface area contributed by atoms with Crippen molar-refractivity contribution >= 4 is 6.03 Å². The fraction of sp³-hybridized carbons (Fsp3) is 0.667. The number of carbonyl (C=O) groups is 1. The van der Waals surface area contributed by atoms with Crippen LogP contribution in [0.15, 0.2) is 10.2 Å². The molecule has 0 aromatic heterocycles. The highest BCUT2D eigenvalue weighted by Crippen LogP contribution is 1.94. The van der Waals surface area contributed by atoms with Gasteiger partial charge in [0, 0.05) is 0 Å². The number of hydrogen-bond acceptors (Lipinski definition) is 2. The molecule has 0 aromatic rings. The van der Waals surface area contributed by atoms with Crippen LogP contribution < -0.4 is 5.32 Å². The molecule has 0 aromatic carbocycles. The van der Waals surface area contributed by atoms with Crippen molar-refractivity contribution in [2.45, 2.75) is 13.1 Å². The maximum absolute atomic E-state index is 10.1. The van der Waals surface area contributed by atoms with Crippen LogP contribution >= 0.6 is 0 Å². The summed E-state index contributed by atoms with van der Waals surface area (Å²) in [5.74, 6) is 0. The first-order valence-corrected chi connectivity index (χ1v) is 2.00. The SMILES string of the molecule is CC1N=NC(=O)N1. The molecule has 0 saturated carbocycles. The van der Waals surface area contributed by atoms with Crippen molar-refractivity contribution in [1.82, 2.24) is 5.32 Å². The molecule has 1 aliphatic rings. The number of urea groups is 1. The summed E-state index contributed by atoms with van der Waals surface area (Å²) in [6.45, 7) is 1.76. The fourth-order valence-corrected chi connectivity index (χ4v) is 0.375. The highest BCUT2D eigenvalue weighted by Gasteiger charge is 2.09. The van der Waals surface area contributed by atoms with Gasteiger partial charge in [0.1, 0.15) is 6.17 Å². The van der Waals surface area contributed by atoms with Crippen LogP contribution in [0.1, 0.15) is 6.92 Å². The van der Waals surface area contributed by atoms with Gasteiger partial charge in [-0.1, -0.05) is 5.11 Å². The lowest BCUT2D eigenvalue weighted by Crippen LogP contribution is -2.21. The first-order valence-electron chi connectivity index (χ1n) is 2.00. The summed E-state index contributed by atoms with van der Waals surface area (Å²) in [5.41, 5.74) is 0. The quantitative estimate of drug-likeness (QED) is 0.472. The smallest absolute Gasteiger partial charge is 0.311 e. The largest absolute Gasteiger partial charge is 0.361 e. The molecule has 0 aliphatic carbocycles. The van der Waals surface area contributed by atoms with Crippen molar-refractivity contribution < 1.29 is 4.79 Å². The minimum absolute atomic E-state index is 0.118. The number of nitrogens with one attached hydrogen (secondary N) is 1. The topological polar surface area (TPSA) is 53.8 Å². The number of azo groups is 1. The van der Waals surface area contributed by atoms with Crippen LogP contribution in [0.2, 0.25) is 0 Å². The predicted molar refractivity (Wildman–Crippen MR) is 22.8 cm³/mol. The molecule has 1 unspecified atom stereocenters. The van der Waals surface area contributed by atoms with E-state index in [2.05, 4.69) is 15.5 Å². The van der Waals surface area contributed by atoms with Crippen molar-refractivity contribution in [2.24, 2.45) is 10.2 Å². The number of nitrogens with zero attached hydrogens (tertiary/aromatic N) is 2. The summed E-state index contributed by atoms with van der Waals surface area (Å²) in [5, 5.41) is 9.12. The van der Waals surface area contributed by atoms with E-state index in [0.717, 1.165) is 0 Å². The fourth-order valence-electron chi connectivity index (χ4n) is 0.375. The van der Waals surface area contributed by atoms with Gasteiger partial charge < -0.3 is 5.32 Å². The summed E-state index contributed by atoms with van der Waals surface area (Å²) in [6, 6.07) is -0.340. The Bertz CT molecular complexity index is 119. The van der Waals surface area contributed by atoms with Gasteiger partial charge in [0.05, 0.1) is 0 Å². The predicted octanol–water partition coefficient (Wildman–Crippen LogP) is 0.508. The molecule has 0 bridgehead atoms. The molecule has 0 radical (unpaired) electrons. The molecular weight excluding hydrogens is 94.1 g/mol. The van der Waals surface area contributed by atoms with Crippen LogP contribution in [-0.2, 0) is 0 Å². The third-order valence-electron chi connectivity index (χ3n) is 0.654. The normalized spacial score (nSPS) is 28.1. The second-order valence-electron chi connectivity index (χ2n) is 1.34. The van der Waals surface area contributed by atoms with Crippen LogP contribution in [0, 0.1) is 0 Å². The second-order valence-corrected chi connectivity index (χ2v) is 1.34. The van der Waals surface area contributed by atoms with Gasteiger partial charge in [-0.25, -0.2) is 4.79 Å². The number of carbonyl (C=O) groups excluding carboxylic acids is 1. The van der Waals surface area contributed by atoms with Gasteiger partial charge in [0.15, 0.2) is 0 Å². The molecule has 2 amide bonds. The molecule has 1 aliphatic heterocycles. The Balaban J connectivity index is 2.58. The molecule has 1 N–H and O–H groups in total. The Kier molecular flexibility index (Phi) is 0.780. The summed E-state index contributed by atoms with van der Waals surface area (Å²) >= 11 is 0. The average Bonchev–Trinajstić information content (AvgIpc) is 1.87. The molecule has 1 atom stereocenters. The Morgan fingerprint density at radius 1 is 1.86 bits per heavy atom. The minimum atomic E-state index is -0.340. The number of amides is 2. The van der Waals surface area contributed by atoms with Crippen LogP contribution in [0.25, 0.3) is 0 Å². The van der Waals surface area contributed by atoms with Crippen LogP contribution in [0.4, 0.5) is 4.79 Å². The van der Waals surface area contributed by atoms with E-state index in [9.17, 15) is 4.79 Å². The summed E-state index contributed by atoms with van der Waals surface area (Å²) < 4.78 is 0. The monoisotopic (exact) mass is 99.0 g/mol. The van der Waals surface area contributed by atoms with E-state index in [-0.39, 0.29) is 12.2 Å². The molecule has 0 spiro atoms. The van der Waals surface area contributed by atoms with Crippen molar-refractivity contribution in [1.29, 1.82) is 0 Å². The van der Waals surface area contributed by atoms with Gasteiger partial charge in [-0.15, -0.1) is 0 Å². The Labute approximate surface area is 40.6 Å². The molecule has 4 heteroatoms. The molecule has 1 rings (SSSR count). The van der Waals surface area contributed by atoms with Crippen molar-refractivity contribution in [2.75, 3.05) is 0 Å². The van der Waals surface area contributed by atoms with Crippen LogP contribution in [0.3, 0.4) is 0 Å². The van der Waals surface area contributed by atoms with E-state index in [0.29, 0.717) is 0 Å². The molecule has 38 valence electrons. The van der Waals surface area contributed by atoms with Gasteiger partial charge >= 0.3 is 6.03 Å². The maximum atomic E-state index is 10.1. The van der Waals surface area contributed by atoms with E-state index in [1.54, 1.807) is 6.92 Å². The van der Waals surface area contributed by atoms with E-state index in [1.807, 2.05) is 0 Å². The molecule has 0 fully saturated rings. The number of rotatable bonds is 0. The Morgan fingerprint density at radius 2 is 2.57 bits per heavy atom. The zero-order chi connectivity index (χ0) is 5.28. The van der Waals surface area contributed by atoms with E-state index in [1.165, 1.54) is 0 Å². The minimum Gasteiger partial charge on any atom is -0.311 e.